The second-order valence-electron chi connectivity index (χ2n) is 6.05. The standard InChI is InChI=1S/C23H22O2/c1-2-9-18-14-15-22(25-17-19-10-5-3-6-11-19)21(16-18)23(24)20-12-7-4-8-13-20/h3-8,10-16H,2,9,17H2,1H3. The molecule has 0 heterocycles. The second-order valence-corrected chi connectivity index (χ2v) is 6.05. The molecule has 3 rings (SSSR count). The summed E-state index contributed by atoms with van der Waals surface area (Å²) < 4.78 is 5.98. The van der Waals surface area contributed by atoms with Gasteiger partial charge in [0, 0.05) is 5.56 Å². The molecule has 0 aliphatic heterocycles. The van der Waals surface area contributed by atoms with Crippen LogP contribution in [0.1, 0.15) is 40.4 Å². The average Bonchev–Trinajstić information content (AvgIpc) is 2.68. The Hall–Kier alpha value is -2.87. The van der Waals surface area contributed by atoms with Gasteiger partial charge in [0.15, 0.2) is 5.78 Å². The maximum atomic E-state index is 13.0. The minimum Gasteiger partial charge on any atom is -0.488 e. The largest absolute Gasteiger partial charge is 0.488 e. The lowest BCUT2D eigenvalue weighted by Gasteiger charge is -2.13. The first-order valence-corrected chi connectivity index (χ1v) is 8.67. The number of hydrogen-bond acceptors (Lipinski definition) is 2. The lowest BCUT2D eigenvalue weighted by atomic mass is 9.99. The van der Waals surface area contributed by atoms with Crippen molar-refractivity contribution in [3.05, 3.63) is 101 Å². The summed E-state index contributed by atoms with van der Waals surface area (Å²) in [4.78, 5) is 13.0. The lowest BCUT2D eigenvalue weighted by molar-refractivity contribution is 0.103. The van der Waals surface area contributed by atoms with E-state index in [1.54, 1.807) is 0 Å². The van der Waals surface area contributed by atoms with Crippen LogP contribution in [0.15, 0.2) is 78.9 Å². The van der Waals surface area contributed by atoms with Gasteiger partial charge < -0.3 is 4.74 Å². The molecular formula is C23H22O2. The van der Waals surface area contributed by atoms with Gasteiger partial charge in [0.1, 0.15) is 12.4 Å². The summed E-state index contributed by atoms with van der Waals surface area (Å²) in [5.41, 5.74) is 3.56. The van der Waals surface area contributed by atoms with Gasteiger partial charge in [-0.1, -0.05) is 80.1 Å². The molecule has 2 nitrogen and oxygen atoms in total. The molecule has 0 saturated heterocycles. The summed E-state index contributed by atoms with van der Waals surface area (Å²) in [6.45, 7) is 2.58. The van der Waals surface area contributed by atoms with Crippen LogP contribution >= 0.6 is 0 Å². The van der Waals surface area contributed by atoms with E-state index >= 15 is 0 Å². The number of carbonyl (C=O) groups excluding carboxylic acids is 1. The summed E-state index contributed by atoms with van der Waals surface area (Å²) in [6, 6.07) is 25.3. The van der Waals surface area contributed by atoms with Crippen molar-refractivity contribution in [3.8, 4) is 5.75 Å². The number of ketones is 1. The molecule has 2 heteroatoms. The minimum atomic E-state index is 0.00150. The van der Waals surface area contributed by atoms with Crippen molar-refractivity contribution in [1.29, 1.82) is 0 Å². The number of aryl methyl sites for hydroxylation is 1. The third-order valence-corrected chi connectivity index (χ3v) is 4.10. The highest BCUT2D eigenvalue weighted by molar-refractivity contribution is 6.10. The zero-order valence-electron chi connectivity index (χ0n) is 14.4. The fraction of sp³-hybridized carbons (Fsp3) is 0.174. The molecule has 0 fully saturated rings. The number of rotatable bonds is 7. The molecule has 0 aliphatic rings. The van der Waals surface area contributed by atoms with Gasteiger partial charge in [0.05, 0.1) is 5.56 Å². The van der Waals surface area contributed by atoms with Crippen LogP contribution in [0, 0.1) is 0 Å². The van der Waals surface area contributed by atoms with E-state index in [-0.39, 0.29) is 5.78 Å². The molecule has 0 amide bonds. The van der Waals surface area contributed by atoms with Crippen LogP contribution in [0.3, 0.4) is 0 Å². The Kier molecular flexibility index (Phi) is 5.63. The summed E-state index contributed by atoms with van der Waals surface area (Å²) in [5, 5.41) is 0. The number of ether oxygens (including phenoxy) is 1. The molecule has 126 valence electrons. The number of hydrogen-bond donors (Lipinski definition) is 0. The minimum absolute atomic E-state index is 0.00150. The van der Waals surface area contributed by atoms with Gasteiger partial charge in [-0.05, 0) is 29.7 Å². The molecule has 0 unspecified atom stereocenters. The fourth-order valence-electron chi connectivity index (χ4n) is 2.80. The first-order valence-electron chi connectivity index (χ1n) is 8.67. The molecule has 0 radical (unpaired) electrons. The summed E-state index contributed by atoms with van der Waals surface area (Å²) in [7, 11) is 0. The molecule has 0 aliphatic carbocycles. The first-order chi connectivity index (χ1) is 12.3. The van der Waals surface area contributed by atoms with Crippen molar-refractivity contribution >= 4 is 5.78 Å². The Bertz CT molecular complexity index is 823. The van der Waals surface area contributed by atoms with E-state index in [9.17, 15) is 4.79 Å². The molecule has 0 spiro atoms. The van der Waals surface area contributed by atoms with Gasteiger partial charge in [-0.25, -0.2) is 0 Å². The maximum Gasteiger partial charge on any atom is 0.196 e. The van der Waals surface area contributed by atoms with Gasteiger partial charge in [-0.2, -0.15) is 0 Å². The molecule has 3 aromatic rings. The molecule has 0 saturated carbocycles. The Labute approximate surface area is 149 Å². The quantitative estimate of drug-likeness (QED) is 0.539. The number of benzene rings is 3. The smallest absolute Gasteiger partial charge is 0.196 e. The van der Waals surface area contributed by atoms with E-state index in [0.717, 1.165) is 24.0 Å². The molecule has 0 aromatic heterocycles. The Morgan fingerprint density at radius 2 is 1.52 bits per heavy atom. The molecule has 0 atom stereocenters. The van der Waals surface area contributed by atoms with Gasteiger partial charge in [0.2, 0.25) is 0 Å². The van der Waals surface area contributed by atoms with E-state index in [0.29, 0.717) is 23.5 Å². The summed E-state index contributed by atoms with van der Waals surface area (Å²) in [6.07, 6.45) is 2.00. The van der Waals surface area contributed by atoms with Crippen LogP contribution in [0.25, 0.3) is 0 Å². The van der Waals surface area contributed by atoms with Crippen LogP contribution < -0.4 is 4.74 Å². The summed E-state index contributed by atoms with van der Waals surface area (Å²) >= 11 is 0. The van der Waals surface area contributed by atoms with Gasteiger partial charge >= 0.3 is 0 Å². The lowest BCUT2D eigenvalue weighted by Crippen LogP contribution is -2.06. The van der Waals surface area contributed by atoms with E-state index in [1.165, 1.54) is 0 Å². The Morgan fingerprint density at radius 3 is 2.20 bits per heavy atom. The van der Waals surface area contributed by atoms with Crippen molar-refractivity contribution in [3.63, 3.8) is 0 Å². The normalized spacial score (nSPS) is 10.4. The SMILES string of the molecule is CCCc1ccc(OCc2ccccc2)c(C(=O)c2ccccc2)c1. The molecule has 0 N–H and O–H groups in total. The number of carbonyl (C=O) groups is 1. The second kappa shape index (κ2) is 8.29. The predicted molar refractivity (Wildman–Crippen MR) is 101 cm³/mol. The van der Waals surface area contributed by atoms with Crippen LogP contribution in [0.5, 0.6) is 5.75 Å². The predicted octanol–water partition coefficient (Wildman–Crippen LogP) is 5.45. The van der Waals surface area contributed by atoms with E-state index in [2.05, 4.69) is 6.92 Å². The zero-order chi connectivity index (χ0) is 17.5. The molecule has 25 heavy (non-hydrogen) atoms. The zero-order valence-corrected chi connectivity index (χ0v) is 14.4. The summed E-state index contributed by atoms with van der Waals surface area (Å²) in [5.74, 6) is 0.638. The third kappa shape index (κ3) is 4.36. The van der Waals surface area contributed by atoms with Crippen molar-refractivity contribution in [2.45, 2.75) is 26.4 Å². The Morgan fingerprint density at radius 1 is 0.840 bits per heavy atom. The van der Waals surface area contributed by atoms with Gasteiger partial charge in [0.25, 0.3) is 0 Å². The third-order valence-electron chi connectivity index (χ3n) is 4.10. The highest BCUT2D eigenvalue weighted by atomic mass is 16.5. The van der Waals surface area contributed by atoms with Crippen molar-refractivity contribution in [2.75, 3.05) is 0 Å². The van der Waals surface area contributed by atoms with Crippen molar-refractivity contribution in [1.82, 2.24) is 0 Å². The van der Waals surface area contributed by atoms with Crippen LogP contribution in [-0.4, -0.2) is 5.78 Å². The van der Waals surface area contributed by atoms with E-state index in [1.807, 2.05) is 78.9 Å². The molecule has 3 aromatic carbocycles. The van der Waals surface area contributed by atoms with Crippen molar-refractivity contribution in [2.24, 2.45) is 0 Å². The van der Waals surface area contributed by atoms with Gasteiger partial charge in [-0.15, -0.1) is 0 Å². The molecular weight excluding hydrogens is 308 g/mol. The van der Waals surface area contributed by atoms with Crippen LogP contribution in [0.2, 0.25) is 0 Å². The van der Waals surface area contributed by atoms with Crippen LogP contribution in [-0.2, 0) is 13.0 Å². The van der Waals surface area contributed by atoms with Gasteiger partial charge in [-0.3, -0.25) is 4.79 Å². The first kappa shape index (κ1) is 17.0. The highest BCUT2D eigenvalue weighted by Gasteiger charge is 2.15. The fourth-order valence-corrected chi connectivity index (χ4v) is 2.80. The van der Waals surface area contributed by atoms with Crippen molar-refractivity contribution < 1.29 is 9.53 Å². The maximum absolute atomic E-state index is 13.0. The molecule has 0 bridgehead atoms. The van der Waals surface area contributed by atoms with E-state index in [4.69, 9.17) is 4.74 Å². The van der Waals surface area contributed by atoms with E-state index < -0.39 is 0 Å². The Balaban J connectivity index is 1.90. The average molecular weight is 330 g/mol. The monoisotopic (exact) mass is 330 g/mol. The topological polar surface area (TPSA) is 26.3 Å². The van der Waals surface area contributed by atoms with Crippen LogP contribution in [0.4, 0.5) is 0 Å². The highest BCUT2D eigenvalue weighted by Crippen LogP contribution is 2.25.